The molecule has 0 aliphatic carbocycles. The fourth-order valence-corrected chi connectivity index (χ4v) is 6.41. The summed E-state index contributed by atoms with van der Waals surface area (Å²) in [7, 11) is -0.664. The third kappa shape index (κ3) is 5.21. The number of sulfonamides is 1. The van der Waals surface area contributed by atoms with Crippen LogP contribution in [0.1, 0.15) is 50.8 Å². The number of nitrogens with zero attached hydrogens (tertiary/aromatic N) is 2. The molecule has 1 aliphatic rings. The maximum Gasteiger partial charge on any atom is 0.289 e. The Bertz CT molecular complexity index is 2030. The second-order valence-corrected chi connectivity index (χ2v) is 13.3. The van der Waals surface area contributed by atoms with E-state index in [4.69, 9.17) is 8.83 Å². The van der Waals surface area contributed by atoms with Gasteiger partial charge in [-0.05, 0) is 43.5 Å². The Morgan fingerprint density at radius 3 is 2.50 bits per heavy atom. The van der Waals surface area contributed by atoms with Crippen LogP contribution >= 0.6 is 0 Å². The molecule has 0 spiro atoms. The highest BCUT2D eigenvalue weighted by atomic mass is 32.2. The van der Waals surface area contributed by atoms with Gasteiger partial charge in [-0.2, -0.15) is 0 Å². The molecule has 5 aromatic rings. The van der Waals surface area contributed by atoms with Gasteiger partial charge in [0.1, 0.15) is 11.3 Å². The number of furan rings is 2. The molecule has 1 aliphatic heterocycles. The fourth-order valence-electron chi connectivity index (χ4n) is 5.89. The van der Waals surface area contributed by atoms with Gasteiger partial charge < -0.3 is 19.1 Å². The molecule has 2 aromatic heterocycles. The number of carbonyl (C=O) groups excluding carboxylic acids is 2. The summed E-state index contributed by atoms with van der Waals surface area (Å²) in [5.41, 5.74) is 3.56. The van der Waals surface area contributed by atoms with E-state index >= 15 is 0 Å². The zero-order chi connectivity index (χ0) is 31.3. The van der Waals surface area contributed by atoms with Gasteiger partial charge in [0.25, 0.3) is 11.8 Å². The molecule has 2 amide bonds. The minimum Gasteiger partial charge on any atom is -0.455 e. The first kappa shape index (κ1) is 29.4. The second-order valence-electron chi connectivity index (χ2n) is 11.2. The number of aryl methyl sites for hydroxylation is 1. The average Bonchev–Trinajstić information content (AvgIpc) is 3.62. The molecule has 0 saturated carbocycles. The molecule has 228 valence electrons. The number of hydrogen-bond donors (Lipinski definition) is 1. The van der Waals surface area contributed by atoms with Gasteiger partial charge in [-0.25, -0.2) is 12.8 Å². The number of rotatable bonds is 6. The summed E-state index contributed by atoms with van der Waals surface area (Å²) in [6, 6.07) is 17.1. The Morgan fingerprint density at radius 1 is 1.07 bits per heavy atom. The van der Waals surface area contributed by atoms with Crippen LogP contribution in [0.3, 0.4) is 0 Å². The van der Waals surface area contributed by atoms with Crippen LogP contribution in [0.15, 0.2) is 69.5 Å². The van der Waals surface area contributed by atoms with E-state index in [1.165, 1.54) is 23.5 Å². The number of anilines is 1. The molecule has 3 aromatic carbocycles. The Kier molecular flexibility index (Phi) is 7.44. The van der Waals surface area contributed by atoms with Crippen LogP contribution in [-0.2, 0) is 10.0 Å². The van der Waals surface area contributed by atoms with Crippen LogP contribution < -0.4 is 9.62 Å². The SMILES string of the molecule is CNC(=O)c1c(-c2ccc(C)cc2)oc2cc(N(C)S(C)(=O)=O)c([C@H]3CCCN(C(=O)c4cc5cccc(F)c5o4)C3)cc12. The van der Waals surface area contributed by atoms with Gasteiger partial charge in [0.05, 0.1) is 17.5 Å². The molecule has 1 saturated heterocycles. The number of hydrogen-bond acceptors (Lipinski definition) is 6. The molecule has 11 heteroatoms. The Balaban J connectivity index is 1.46. The molecule has 44 heavy (non-hydrogen) atoms. The zero-order valence-corrected chi connectivity index (χ0v) is 25.6. The lowest BCUT2D eigenvalue weighted by Crippen LogP contribution is -2.39. The van der Waals surface area contributed by atoms with Gasteiger partial charge >= 0.3 is 0 Å². The van der Waals surface area contributed by atoms with E-state index in [-0.39, 0.29) is 35.6 Å². The van der Waals surface area contributed by atoms with Crippen LogP contribution in [0.4, 0.5) is 10.1 Å². The van der Waals surface area contributed by atoms with Gasteiger partial charge in [-0.3, -0.25) is 13.9 Å². The number of benzene rings is 3. The molecule has 0 bridgehead atoms. The minimum absolute atomic E-state index is 0.0259. The lowest BCUT2D eigenvalue weighted by Gasteiger charge is -2.34. The van der Waals surface area contributed by atoms with Crippen molar-refractivity contribution in [1.82, 2.24) is 10.2 Å². The molecule has 0 radical (unpaired) electrons. The molecular formula is C33H32FN3O6S. The van der Waals surface area contributed by atoms with Crippen molar-refractivity contribution in [2.24, 2.45) is 0 Å². The van der Waals surface area contributed by atoms with E-state index < -0.39 is 15.8 Å². The number of likely N-dealkylation sites (tertiary alicyclic amines) is 1. The highest BCUT2D eigenvalue weighted by molar-refractivity contribution is 7.92. The molecule has 6 rings (SSSR count). The summed E-state index contributed by atoms with van der Waals surface area (Å²) in [4.78, 5) is 28.4. The van der Waals surface area contributed by atoms with Gasteiger partial charge in [-0.15, -0.1) is 0 Å². The number of amides is 2. The third-order valence-electron chi connectivity index (χ3n) is 8.30. The standard InChI is InChI=1S/C33H32FN3O6S/c1-19-10-12-20(13-11-19)31-29(32(38)35-2)24-16-23(26(17-27(24)42-31)36(3)44(4,40)41)22-8-6-14-37(18-22)33(39)28-15-21-7-5-9-25(34)30(21)43-28/h5,7,9-13,15-17,22H,6,8,14,18H2,1-4H3,(H,35,38)/t22-/m0/s1. The monoisotopic (exact) mass is 617 g/mol. The number of piperidine rings is 1. The number of nitrogens with one attached hydrogen (secondary N) is 1. The van der Waals surface area contributed by atoms with Crippen LogP contribution in [0, 0.1) is 12.7 Å². The van der Waals surface area contributed by atoms with Crippen LogP contribution in [0.2, 0.25) is 0 Å². The van der Waals surface area contributed by atoms with Crippen LogP contribution in [0.5, 0.6) is 0 Å². The van der Waals surface area contributed by atoms with Gasteiger partial charge in [-0.1, -0.05) is 42.0 Å². The van der Waals surface area contributed by atoms with Gasteiger partial charge in [0, 0.05) is 55.5 Å². The third-order valence-corrected chi connectivity index (χ3v) is 9.49. The zero-order valence-electron chi connectivity index (χ0n) is 24.8. The first-order valence-corrected chi connectivity index (χ1v) is 16.1. The first-order chi connectivity index (χ1) is 21.0. The van der Waals surface area contributed by atoms with Crippen molar-refractivity contribution in [1.29, 1.82) is 0 Å². The average molecular weight is 618 g/mol. The van der Waals surface area contributed by atoms with Crippen molar-refractivity contribution in [2.75, 3.05) is 37.7 Å². The topological polar surface area (TPSA) is 113 Å². The lowest BCUT2D eigenvalue weighted by atomic mass is 9.88. The molecule has 1 atom stereocenters. The van der Waals surface area contributed by atoms with Crippen molar-refractivity contribution in [3.8, 4) is 11.3 Å². The van der Waals surface area contributed by atoms with E-state index in [9.17, 15) is 22.4 Å². The molecule has 1 N–H and O–H groups in total. The quantitative estimate of drug-likeness (QED) is 0.248. The maximum atomic E-state index is 14.3. The predicted octanol–water partition coefficient (Wildman–Crippen LogP) is 6.07. The fraction of sp³-hybridized carbons (Fsp3) is 0.273. The van der Waals surface area contributed by atoms with Gasteiger partial charge in [0.15, 0.2) is 17.2 Å². The summed E-state index contributed by atoms with van der Waals surface area (Å²) in [6.45, 7) is 2.69. The predicted molar refractivity (Wildman–Crippen MR) is 167 cm³/mol. The van der Waals surface area contributed by atoms with E-state index in [0.29, 0.717) is 63.9 Å². The first-order valence-electron chi connectivity index (χ1n) is 14.3. The van der Waals surface area contributed by atoms with E-state index in [0.717, 1.165) is 11.8 Å². The van der Waals surface area contributed by atoms with Crippen molar-refractivity contribution < 1.29 is 31.2 Å². The van der Waals surface area contributed by atoms with Crippen LogP contribution in [-0.4, -0.2) is 58.6 Å². The van der Waals surface area contributed by atoms with Crippen molar-refractivity contribution in [3.05, 3.63) is 88.9 Å². The normalized spacial score (nSPS) is 15.6. The molecule has 3 heterocycles. The van der Waals surface area contributed by atoms with E-state index in [2.05, 4.69) is 5.32 Å². The van der Waals surface area contributed by atoms with Crippen molar-refractivity contribution >= 4 is 49.5 Å². The van der Waals surface area contributed by atoms with E-state index in [1.807, 2.05) is 37.3 Å². The summed E-state index contributed by atoms with van der Waals surface area (Å²) >= 11 is 0. The summed E-state index contributed by atoms with van der Waals surface area (Å²) < 4.78 is 52.9. The van der Waals surface area contributed by atoms with E-state index in [1.54, 1.807) is 30.1 Å². The highest BCUT2D eigenvalue weighted by Gasteiger charge is 2.32. The Morgan fingerprint density at radius 2 is 1.82 bits per heavy atom. The summed E-state index contributed by atoms with van der Waals surface area (Å²) in [5.74, 6) is -1.12. The molecule has 1 fully saturated rings. The van der Waals surface area contributed by atoms with Crippen molar-refractivity contribution in [3.63, 3.8) is 0 Å². The van der Waals surface area contributed by atoms with Gasteiger partial charge in [0.2, 0.25) is 10.0 Å². The smallest absolute Gasteiger partial charge is 0.289 e. The number of carbonyl (C=O) groups is 2. The lowest BCUT2D eigenvalue weighted by molar-refractivity contribution is 0.0677. The minimum atomic E-state index is -3.68. The Hall–Kier alpha value is -4.64. The summed E-state index contributed by atoms with van der Waals surface area (Å²) in [5, 5.41) is 3.74. The maximum absolute atomic E-state index is 14.3. The Labute approximate surface area is 254 Å². The van der Waals surface area contributed by atoms with Crippen molar-refractivity contribution in [2.45, 2.75) is 25.7 Å². The largest absolute Gasteiger partial charge is 0.455 e. The summed E-state index contributed by atoms with van der Waals surface area (Å²) in [6.07, 6.45) is 2.44. The second kappa shape index (κ2) is 11.1. The number of halogens is 1. The molecule has 0 unspecified atom stereocenters. The number of fused-ring (bicyclic) bond motifs is 2. The van der Waals surface area contributed by atoms with Crippen LogP contribution in [0.25, 0.3) is 33.3 Å². The molecule has 9 nitrogen and oxygen atoms in total. The highest BCUT2D eigenvalue weighted by Crippen LogP contribution is 2.42. The molecular weight excluding hydrogens is 585 g/mol. The number of para-hydroxylation sites is 1.